The average molecular weight is 788 g/mol. The molecule has 0 atom stereocenters. The van der Waals surface area contributed by atoms with Gasteiger partial charge in [0.2, 0.25) is 0 Å². The predicted molar refractivity (Wildman–Crippen MR) is 265 cm³/mol. The van der Waals surface area contributed by atoms with E-state index in [2.05, 4.69) is 166 Å². The molecule has 344 valence electrons. The fourth-order valence-electron chi connectivity index (χ4n) is 5.78. The van der Waals surface area contributed by atoms with Crippen molar-refractivity contribution in [1.82, 2.24) is 0 Å². The van der Waals surface area contributed by atoms with Crippen molar-refractivity contribution >= 4 is 0 Å². The Morgan fingerprint density at radius 3 is 0.582 bits per heavy atom. The van der Waals surface area contributed by atoms with Gasteiger partial charge in [0.05, 0.1) is 13.2 Å². The maximum absolute atomic E-state index is 6.11. The Morgan fingerprint density at radius 1 is 0.309 bits per heavy atom. The maximum atomic E-state index is 6.11. The van der Waals surface area contributed by atoms with E-state index in [4.69, 9.17) is 4.74 Å². The number of hydrogen-bond donors (Lipinski definition) is 0. The van der Waals surface area contributed by atoms with Gasteiger partial charge >= 0.3 is 0 Å². The van der Waals surface area contributed by atoms with E-state index in [0.717, 1.165) is 25.0 Å². The van der Waals surface area contributed by atoms with Gasteiger partial charge < -0.3 is 4.74 Å². The van der Waals surface area contributed by atoms with Crippen molar-refractivity contribution in [2.24, 2.45) is 33.5 Å². The number of ether oxygens (including phenoxy) is 1. The fourth-order valence-corrected chi connectivity index (χ4v) is 5.78. The summed E-state index contributed by atoms with van der Waals surface area (Å²) in [6.07, 6.45) is 28.8. The van der Waals surface area contributed by atoms with Gasteiger partial charge in [-0.15, -0.1) is 0 Å². The van der Waals surface area contributed by atoms with Crippen LogP contribution in [-0.4, -0.2) is 13.2 Å². The standard InChI is InChI=1S/C16H34O.C9H20.C8H18.2C6H14.C5H12.C4H10/c1-7-15(8-2,9-3)13-17-14-16(10-4,11-5)12-6;1-5-9(6-2,7-3)8-4;1-5-8(4,6-2)7-3;2*1-4-6(3)5-2;1-3-5-4-2;1-3-4-2/h7-14H2,1-6H3;5-8H2,1-4H3;5-7H2,1-4H3;2*6H,4-5H2,1-3H3;3-5H2,1-2H3;3-4H2,1-2H3. The third-order valence-electron chi connectivity index (χ3n) is 14.9. The van der Waals surface area contributed by atoms with Crippen LogP contribution in [-0.2, 0) is 4.74 Å². The highest BCUT2D eigenvalue weighted by Gasteiger charge is 2.28. The Kier molecular flexibility index (Phi) is 63.4. The zero-order valence-electron chi connectivity index (χ0n) is 44.5. The van der Waals surface area contributed by atoms with Crippen LogP contribution in [0.1, 0.15) is 307 Å². The quantitative estimate of drug-likeness (QED) is 0.0947. The molecule has 0 heterocycles. The monoisotopic (exact) mass is 787 g/mol. The Balaban J connectivity index is -0.000000104. The van der Waals surface area contributed by atoms with Gasteiger partial charge in [0.15, 0.2) is 0 Å². The van der Waals surface area contributed by atoms with Gasteiger partial charge in [0.1, 0.15) is 0 Å². The summed E-state index contributed by atoms with van der Waals surface area (Å²) in [6, 6.07) is 0. The molecular formula is C54H122O. The van der Waals surface area contributed by atoms with E-state index in [9.17, 15) is 0 Å². The van der Waals surface area contributed by atoms with Gasteiger partial charge in [-0.05, 0) is 72.0 Å². The van der Waals surface area contributed by atoms with E-state index < -0.39 is 0 Å². The van der Waals surface area contributed by atoms with Crippen LogP contribution in [0.5, 0.6) is 0 Å². The van der Waals surface area contributed by atoms with Crippen LogP contribution in [0.2, 0.25) is 0 Å². The summed E-state index contributed by atoms with van der Waals surface area (Å²) in [5.74, 6) is 1.87. The zero-order valence-corrected chi connectivity index (χ0v) is 44.5. The van der Waals surface area contributed by atoms with Gasteiger partial charge in [-0.25, -0.2) is 0 Å². The second kappa shape index (κ2) is 50.1. The van der Waals surface area contributed by atoms with Crippen LogP contribution >= 0.6 is 0 Å². The molecule has 0 unspecified atom stereocenters. The molecule has 0 N–H and O–H groups in total. The number of hydrogen-bond acceptors (Lipinski definition) is 1. The van der Waals surface area contributed by atoms with E-state index in [-0.39, 0.29) is 0 Å². The first-order valence-electron chi connectivity index (χ1n) is 25.5. The summed E-state index contributed by atoms with van der Waals surface area (Å²) < 4.78 is 6.11. The minimum atomic E-state index is 0.418. The van der Waals surface area contributed by atoms with Crippen molar-refractivity contribution in [2.45, 2.75) is 307 Å². The average Bonchev–Trinajstić information content (AvgIpc) is 3.25. The van der Waals surface area contributed by atoms with E-state index in [1.54, 1.807) is 0 Å². The third kappa shape index (κ3) is 43.4. The normalized spacial score (nSPS) is 11.2. The second-order valence-corrected chi connectivity index (χ2v) is 17.6. The minimum Gasteiger partial charge on any atom is -0.380 e. The predicted octanol–water partition coefficient (Wildman–Crippen LogP) is 21.2. The van der Waals surface area contributed by atoms with Gasteiger partial charge in [-0.3, -0.25) is 0 Å². The Bertz CT molecular complexity index is 535. The van der Waals surface area contributed by atoms with Gasteiger partial charge in [0, 0.05) is 0 Å². The molecule has 0 saturated heterocycles. The lowest BCUT2D eigenvalue weighted by Crippen LogP contribution is -2.30. The van der Waals surface area contributed by atoms with E-state index in [1.807, 2.05) is 0 Å². The topological polar surface area (TPSA) is 9.23 Å². The highest BCUT2D eigenvalue weighted by atomic mass is 16.5. The largest absolute Gasteiger partial charge is 0.380 e. The molecule has 0 aliphatic rings. The molecule has 0 aliphatic carbocycles. The van der Waals surface area contributed by atoms with Crippen LogP contribution in [0.3, 0.4) is 0 Å². The van der Waals surface area contributed by atoms with Crippen LogP contribution in [0.15, 0.2) is 0 Å². The zero-order chi connectivity index (χ0) is 44.8. The summed E-state index contributed by atoms with van der Waals surface area (Å²) in [5, 5.41) is 0. The van der Waals surface area contributed by atoms with Crippen LogP contribution in [0, 0.1) is 33.5 Å². The molecule has 1 heteroatoms. The third-order valence-corrected chi connectivity index (χ3v) is 14.9. The lowest BCUT2D eigenvalue weighted by molar-refractivity contribution is -0.0181. The van der Waals surface area contributed by atoms with Crippen molar-refractivity contribution in [2.75, 3.05) is 13.2 Å². The molecule has 55 heavy (non-hydrogen) atoms. The van der Waals surface area contributed by atoms with E-state index in [1.165, 1.54) is 141 Å². The molecular weight excluding hydrogens is 665 g/mol. The summed E-state index contributed by atoms with van der Waals surface area (Å²) in [7, 11) is 0. The van der Waals surface area contributed by atoms with Crippen LogP contribution < -0.4 is 0 Å². The smallest absolute Gasteiger partial charge is 0.0522 e. The highest BCUT2D eigenvalue weighted by molar-refractivity contribution is 4.78. The molecule has 0 saturated carbocycles. The van der Waals surface area contributed by atoms with Crippen LogP contribution in [0.25, 0.3) is 0 Å². The SMILES string of the molecule is CCC(C)(CC)CC.CCC(C)CC.CCC(C)CC.CCC(CC)(CC)CC.CCC(CC)(CC)COCC(CC)(CC)CC.CCCC.CCCCC. The molecule has 0 rings (SSSR count). The molecule has 0 aliphatic heterocycles. The van der Waals surface area contributed by atoms with Crippen molar-refractivity contribution in [3.05, 3.63) is 0 Å². The number of unbranched alkanes of at least 4 members (excludes halogenated alkanes) is 3. The van der Waals surface area contributed by atoms with E-state index in [0.29, 0.717) is 21.7 Å². The second-order valence-electron chi connectivity index (χ2n) is 17.6. The molecule has 0 aromatic carbocycles. The molecule has 0 radical (unpaired) electrons. The van der Waals surface area contributed by atoms with Crippen molar-refractivity contribution in [3.63, 3.8) is 0 Å². The molecule has 0 bridgehead atoms. The molecule has 0 spiro atoms. The first-order valence-corrected chi connectivity index (χ1v) is 25.5. The fraction of sp³-hybridized carbons (Fsp3) is 1.00. The minimum absolute atomic E-state index is 0.418. The van der Waals surface area contributed by atoms with Crippen LogP contribution in [0.4, 0.5) is 0 Å². The molecule has 0 aromatic heterocycles. The summed E-state index contributed by atoms with van der Waals surface area (Å²) in [5.41, 5.74) is 2.13. The number of rotatable bonds is 24. The van der Waals surface area contributed by atoms with Gasteiger partial charge in [-0.2, -0.15) is 0 Å². The lowest BCUT2D eigenvalue weighted by atomic mass is 9.78. The maximum Gasteiger partial charge on any atom is 0.0522 e. The summed E-state index contributed by atoms with van der Waals surface area (Å²) in [4.78, 5) is 0. The first-order chi connectivity index (χ1) is 25.9. The van der Waals surface area contributed by atoms with E-state index >= 15 is 0 Å². The van der Waals surface area contributed by atoms with Crippen molar-refractivity contribution in [1.29, 1.82) is 0 Å². The lowest BCUT2D eigenvalue weighted by Gasteiger charge is -2.34. The Morgan fingerprint density at radius 2 is 0.527 bits per heavy atom. The molecule has 0 amide bonds. The van der Waals surface area contributed by atoms with Gasteiger partial charge in [0.25, 0.3) is 0 Å². The summed E-state index contributed by atoms with van der Waals surface area (Å²) >= 11 is 0. The van der Waals surface area contributed by atoms with Gasteiger partial charge in [-0.1, -0.05) is 269 Å². The Hall–Kier alpha value is -0.0400. The Labute approximate surface area is 357 Å². The molecule has 0 fully saturated rings. The van der Waals surface area contributed by atoms with Crippen molar-refractivity contribution < 1.29 is 4.74 Å². The molecule has 1 nitrogen and oxygen atoms in total. The van der Waals surface area contributed by atoms with Crippen molar-refractivity contribution in [3.8, 4) is 0 Å². The molecule has 0 aromatic rings. The highest BCUT2D eigenvalue weighted by Crippen LogP contribution is 2.35. The first kappa shape index (κ1) is 69.6. The summed E-state index contributed by atoms with van der Waals surface area (Å²) in [6.45, 7) is 56.3.